The maximum Gasteiger partial charge on any atom is 0.348 e. The fraction of sp³-hybridized carbons (Fsp3) is 0.333. The first-order valence-electron chi connectivity index (χ1n) is 3.14. The molecule has 11 heavy (non-hydrogen) atoms. The second-order valence-corrected chi connectivity index (χ2v) is 2.39. The first kappa shape index (κ1) is 7.59. The van der Waals surface area contributed by atoms with Crippen LogP contribution in [0.5, 0.6) is 0 Å². The van der Waals surface area contributed by atoms with Crippen molar-refractivity contribution in [1.82, 2.24) is 9.97 Å². The second-order valence-electron chi connectivity index (χ2n) is 2.39. The van der Waals surface area contributed by atoms with Crippen LogP contribution in [-0.4, -0.2) is 24.1 Å². The number of nitrogens with two attached hydrogens (primary N) is 1. The van der Waals surface area contributed by atoms with E-state index in [0.717, 1.165) is 0 Å². The van der Waals surface area contributed by atoms with E-state index >= 15 is 0 Å². The first-order valence-corrected chi connectivity index (χ1v) is 3.14. The molecule has 0 aliphatic rings. The van der Waals surface area contributed by atoms with Gasteiger partial charge in [0.25, 0.3) is 0 Å². The Bertz CT molecular complexity index is 304. The van der Waals surface area contributed by atoms with E-state index in [-0.39, 0.29) is 0 Å². The average molecular weight is 154 g/mol. The standard InChI is InChI=1S/C6H10N4O/c1-10(2)5-3-4(7)8-6(11)9-5/h3H,1-2H3,(H3,7,8,9,11). The van der Waals surface area contributed by atoms with Crippen molar-refractivity contribution in [2.75, 3.05) is 24.7 Å². The van der Waals surface area contributed by atoms with Gasteiger partial charge < -0.3 is 10.6 Å². The fourth-order valence-corrected chi connectivity index (χ4v) is 0.692. The van der Waals surface area contributed by atoms with E-state index in [4.69, 9.17) is 5.73 Å². The van der Waals surface area contributed by atoms with E-state index in [2.05, 4.69) is 9.97 Å². The van der Waals surface area contributed by atoms with Gasteiger partial charge in [-0.3, -0.25) is 4.98 Å². The van der Waals surface area contributed by atoms with E-state index in [0.29, 0.717) is 11.6 Å². The molecule has 0 atom stereocenters. The second kappa shape index (κ2) is 2.61. The van der Waals surface area contributed by atoms with Crippen LogP contribution in [0.1, 0.15) is 0 Å². The van der Waals surface area contributed by atoms with Crippen LogP contribution in [0.2, 0.25) is 0 Å². The van der Waals surface area contributed by atoms with Crippen LogP contribution in [0.25, 0.3) is 0 Å². The molecular weight excluding hydrogens is 144 g/mol. The third-order valence-electron chi connectivity index (χ3n) is 1.21. The summed E-state index contributed by atoms with van der Waals surface area (Å²) in [6.07, 6.45) is 0. The molecule has 1 rings (SSSR count). The molecule has 0 spiro atoms. The highest BCUT2D eigenvalue weighted by atomic mass is 16.1. The van der Waals surface area contributed by atoms with Crippen molar-refractivity contribution in [1.29, 1.82) is 0 Å². The molecule has 0 bridgehead atoms. The molecule has 1 aromatic heterocycles. The Morgan fingerprint density at radius 3 is 2.73 bits per heavy atom. The maximum atomic E-state index is 10.7. The van der Waals surface area contributed by atoms with Gasteiger partial charge in [0.15, 0.2) is 0 Å². The number of anilines is 2. The van der Waals surface area contributed by atoms with Crippen molar-refractivity contribution in [2.24, 2.45) is 0 Å². The predicted molar refractivity (Wildman–Crippen MR) is 43.6 cm³/mol. The Kier molecular flexibility index (Phi) is 1.80. The Labute approximate surface area is 63.9 Å². The van der Waals surface area contributed by atoms with Gasteiger partial charge in [-0.05, 0) is 0 Å². The minimum atomic E-state index is -0.422. The number of aromatic amines is 1. The average Bonchev–Trinajstić information content (AvgIpc) is 1.85. The molecule has 1 heterocycles. The zero-order valence-corrected chi connectivity index (χ0v) is 6.46. The highest BCUT2D eigenvalue weighted by Gasteiger charge is 1.98. The van der Waals surface area contributed by atoms with Crippen LogP contribution in [0.3, 0.4) is 0 Å². The van der Waals surface area contributed by atoms with Gasteiger partial charge in [0.2, 0.25) is 0 Å². The number of nitrogens with one attached hydrogen (secondary N) is 1. The smallest absolute Gasteiger partial charge is 0.348 e. The molecule has 0 aromatic carbocycles. The predicted octanol–water partition coefficient (Wildman–Crippen LogP) is -0.582. The summed E-state index contributed by atoms with van der Waals surface area (Å²) in [4.78, 5) is 18.5. The van der Waals surface area contributed by atoms with Crippen LogP contribution >= 0.6 is 0 Å². The van der Waals surface area contributed by atoms with Crippen molar-refractivity contribution in [2.45, 2.75) is 0 Å². The zero-order chi connectivity index (χ0) is 8.43. The summed E-state index contributed by atoms with van der Waals surface area (Å²) < 4.78 is 0. The SMILES string of the molecule is CN(C)c1cc(N)[nH]c(=O)n1. The minimum Gasteiger partial charge on any atom is -0.385 e. The van der Waals surface area contributed by atoms with Gasteiger partial charge in [0.05, 0.1) is 0 Å². The first-order chi connectivity index (χ1) is 5.09. The molecule has 0 fully saturated rings. The Morgan fingerprint density at radius 2 is 2.27 bits per heavy atom. The van der Waals surface area contributed by atoms with Crippen LogP contribution in [0, 0.1) is 0 Å². The molecule has 3 N–H and O–H groups in total. The minimum absolute atomic E-state index is 0.328. The Balaban J connectivity index is 3.19. The molecule has 0 saturated carbocycles. The molecule has 60 valence electrons. The molecule has 0 saturated heterocycles. The largest absolute Gasteiger partial charge is 0.385 e. The molecule has 0 aliphatic carbocycles. The highest BCUT2D eigenvalue weighted by Crippen LogP contribution is 2.04. The lowest BCUT2D eigenvalue weighted by molar-refractivity contribution is 1.00. The third-order valence-corrected chi connectivity index (χ3v) is 1.21. The number of rotatable bonds is 1. The quantitative estimate of drug-likeness (QED) is 0.567. The van der Waals surface area contributed by atoms with E-state index in [9.17, 15) is 4.79 Å². The van der Waals surface area contributed by atoms with Crippen LogP contribution in [-0.2, 0) is 0 Å². The summed E-state index contributed by atoms with van der Waals surface area (Å²) >= 11 is 0. The highest BCUT2D eigenvalue weighted by molar-refractivity contribution is 5.44. The molecule has 1 aromatic rings. The normalized spacial score (nSPS) is 9.64. The molecule has 0 aliphatic heterocycles. The van der Waals surface area contributed by atoms with Gasteiger partial charge in [-0.15, -0.1) is 0 Å². The van der Waals surface area contributed by atoms with Gasteiger partial charge in [0.1, 0.15) is 11.6 Å². The van der Waals surface area contributed by atoms with E-state index in [1.165, 1.54) is 0 Å². The molecular formula is C6H10N4O. The fourth-order valence-electron chi connectivity index (χ4n) is 0.692. The number of hydrogen-bond acceptors (Lipinski definition) is 4. The topological polar surface area (TPSA) is 75.0 Å². The van der Waals surface area contributed by atoms with E-state index in [1.54, 1.807) is 25.1 Å². The third kappa shape index (κ3) is 1.70. The van der Waals surface area contributed by atoms with Crippen molar-refractivity contribution >= 4 is 11.6 Å². The number of aromatic nitrogens is 2. The zero-order valence-electron chi connectivity index (χ0n) is 6.46. The Morgan fingerprint density at radius 1 is 1.64 bits per heavy atom. The monoisotopic (exact) mass is 154 g/mol. The molecule has 5 heteroatoms. The number of nitrogen functional groups attached to an aromatic ring is 1. The summed E-state index contributed by atoms with van der Waals surface area (Å²) in [6.45, 7) is 0. The Hall–Kier alpha value is -1.52. The lowest BCUT2D eigenvalue weighted by Crippen LogP contribution is -2.19. The van der Waals surface area contributed by atoms with Gasteiger partial charge in [0, 0.05) is 20.2 Å². The summed E-state index contributed by atoms with van der Waals surface area (Å²) in [7, 11) is 3.59. The lowest BCUT2D eigenvalue weighted by Gasteiger charge is -2.09. The summed E-state index contributed by atoms with van der Waals surface area (Å²) in [5, 5.41) is 0. The van der Waals surface area contributed by atoms with Crippen molar-refractivity contribution in [3.8, 4) is 0 Å². The molecule has 0 amide bonds. The van der Waals surface area contributed by atoms with E-state index in [1.807, 2.05) is 0 Å². The van der Waals surface area contributed by atoms with Gasteiger partial charge in [-0.1, -0.05) is 0 Å². The van der Waals surface area contributed by atoms with Crippen LogP contribution in [0.15, 0.2) is 10.9 Å². The van der Waals surface area contributed by atoms with E-state index < -0.39 is 5.69 Å². The summed E-state index contributed by atoms with van der Waals surface area (Å²) in [5.74, 6) is 0.889. The number of H-pyrrole nitrogens is 1. The van der Waals surface area contributed by atoms with Crippen molar-refractivity contribution in [3.05, 3.63) is 16.6 Å². The molecule has 0 radical (unpaired) electrons. The summed E-state index contributed by atoms with van der Waals surface area (Å²) in [6, 6.07) is 1.60. The van der Waals surface area contributed by atoms with Crippen molar-refractivity contribution < 1.29 is 0 Å². The molecule has 0 unspecified atom stereocenters. The van der Waals surface area contributed by atoms with Crippen molar-refractivity contribution in [3.63, 3.8) is 0 Å². The maximum absolute atomic E-state index is 10.7. The summed E-state index contributed by atoms with van der Waals surface area (Å²) in [5.41, 5.74) is 4.95. The lowest BCUT2D eigenvalue weighted by atomic mass is 10.5. The van der Waals surface area contributed by atoms with Gasteiger partial charge in [-0.2, -0.15) is 4.98 Å². The number of nitrogens with zero attached hydrogens (tertiary/aromatic N) is 2. The number of hydrogen-bond donors (Lipinski definition) is 2. The van der Waals surface area contributed by atoms with Crippen LogP contribution < -0.4 is 16.3 Å². The molecule has 5 nitrogen and oxygen atoms in total. The van der Waals surface area contributed by atoms with Crippen LogP contribution in [0.4, 0.5) is 11.6 Å². The van der Waals surface area contributed by atoms with Gasteiger partial charge in [-0.25, -0.2) is 4.79 Å². The van der Waals surface area contributed by atoms with Gasteiger partial charge >= 0.3 is 5.69 Å².